The Hall–Kier alpha value is -1.34. The maximum Gasteiger partial charge on any atom is 0.0604 e. The smallest absolute Gasteiger partial charge is 0.0604 e. The van der Waals surface area contributed by atoms with Crippen LogP contribution in [0.4, 0.5) is 0 Å². The molecule has 0 aliphatic heterocycles. The molecule has 2 rings (SSSR count). The highest BCUT2D eigenvalue weighted by molar-refractivity contribution is 5.78. The molecule has 0 spiro atoms. The van der Waals surface area contributed by atoms with Crippen molar-refractivity contribution in [3.8, 4) is 0 Å². The quantitative estimate of drug-likeness (QED) is 0.671. The van der Waals surface area contributed by atoms with Crippen molar-refractivity contribution < 1.29 is 0 Å². The van der Waals surface area contributed by atoms with E-state index in [1.807, 2.05) is 0 Å². The molecule has 2 unspecified atom stereocenters. The van der Waals surface area contributed by atoms with Gasteiger partial charge in [-0.2, -0.15) is 0 Å². The van der Waals surface area contributed by atoms with Crippen LogP contribution in [0.5, 0.6) is 0 Å². The third kappa shape index (κ3) is 3.30. The number of nitrogens with two attached hydrogens (primary N) is 1. The van der Waals surface area contributed by atoms with Gasteiger partial charge in [0.05, 0.1) is 5.54 Å². The van der Waals surface area contributed by atoms with Crippen LogP contribution >= 0.6 is 0 Å². The van der Waals surface area contributed by atoms with Gasteiger partial charge in [0, 0.05) is 0 Å². The Bertz CT molecular complexity index is 601. The molecule has 126 valence electrons. The Labute approximate surface area is 142 Å². The molecule has 0 bridgehead atoms. The summed E-state index contributed by atoms with van der Waals surface area (Å²) in [5.41, 5.74) is 12.0. The van der Waals surface area contributed by atoms with Crippen LogP contribution in [0, 0.1) is 5.41 Å². The molecule has 23 heavy (non-hydrogen) atoms. The van der Waals surface area contributed by atoms with Crippen LogP contribution in [0.3, 0.4) is 0 Å². The molecule has 1 aliphatic rings. The van der Waals surface area contributed by atoms with Crippen LogP contribution in [0.15, 0.2) is 42.0 Å². The Morgan fingerprint density at radius 1 is 1.13 bits per heavy atom. The molecule has 0 fully saturated rings. The highest BCUT2D eigenvalue weighted by atomic mass is 14.8. The van der Waals surface area contributed by atoms with Crippen molar-refractivity contribution in [1.82, 2.24) is 0 Å². The van der Waals surface area contributed by atoms with E-state index in [-0.39, 0.29) is 5.41 Å². The fourth-order valence-corrected chi connectivity index (χ4v) is 3.88. The minimum absolute atomic E-state index is 0.181. The molecule has 0 saturated carbocycles. The number of hydrogen-bond donors (Lipinski definition) is 1. The van der Waals surface area contributed by atoms with Gasteiger partial charge in [0.2, 0.25) is 0 Å². The van der Waals surface area contributed by atoms with Gasteiger partial charge in [0.25, 0.3) is 0 Å². The Morgan fingerprint density at radius 3 is 2.22 bits per heavy atom. The lowest BCUT2D eigenvalue weighted by molar-refractivity contribution is 0.336. The molecule has 1 aromatic rings. The number of allylic oxidation sites excluding steroid dienone is 2. The highest BCUT2D eigenvalue weighted by Gasteiger charge is 2.42. The van der Waals surface area contributed by atoms with Gasteiger partial charge in [-0.15, -0.1) is 0 Å². The van der Waals surface area contributed by atoms with E-state index in [0.717, 1.165) is 19.3 Å². The zero-order valence-electron chi connectivity index (χ0n) is 15.7. The second-order valence-corrected chi connectivity index (χ2v) is 7.74. The number of hydrogen-bond acceptors (Lipinski definition) is 1. The third-order valence-corrected chi connectivity index (χ3v) is 5.60. The summed E-state index contributed by atoms with van der Waals surface area (Å²) in [5, 5.41) is 0. The second kappa shape index (κ2) is 6.65. The van der Waals surface area contributed by atoms with Crippen molar-refractivity contribution >= 4 is 5.57 Å². The first-order chi connectivity index (χ1) is 10.8. The van der Waals surface area contributed by atoms with Gasteiger partial charge in [0.1, 0.15) is 0 Å². The van der Waals surface area contributed by atoms with Crippen LogP contribution in [-0.2, 0) is 0 Å². The summed E-state index contributed by atoms with van der Waals surface area (Å²) >= 11 is 0. The van der Waals surface area contributed by atoms with Crippen molar-refractivity contribution in [2.45, 2.75) is 72.3 Å². The van der Waals surface area contributed by atoms with E-state index in [9.17, 15) is 0 Å². The van der Waals surface area contributed by atoms with Crippen LogP contribution in [0.1, 0.15) is 77.8 Å². The molecule has 0 heterocycles. The summed E-state index contributed by atoms with van der Waals surface area (Å²) in [5.74, 6) is 0.563. The van der Waals surface area contributed by atoms with Gasteiger partial charge in [-0.05, 0) is 59.8 Å². The standard InChI is InChI=1S/C22H33N/c1-7-9-20-21(5,8-2)15-14-19(22(20,6)23)18-12-10-17(11-13-18)16(3)4/h9-14,16H,7-8,15,23H2,1-6H3/b20-9+. The van der Waals surface area contributed by atoms with E-state index in [1.54, 1.807) is 0 Å². The molecule has 2 atom stereocenters. The van der Waals surface area contributed by atoms with E-state index >= 15 is 0 Å². The molecule has 0 radical (unpaired) electrons. The molecule has 0 saturated heterocycles. The Balaban J connectivity index is 2.49. The summed E-state index contributed by atoms with van der Waals surface area (Å²) in [6.07, 6.45) is 7.97. The van der Waals surface area contributed by atoms with Crippen molar-refractivity contribution in [3.05, 3.63) is 53.1 Å². The van der Waals surface area contributed by atoms with Crippen molar-refractivity contribution in [3.63, 3.8) is 0 Å². The van der Waals surface area contributed by atoms with E-state index in [0.29, 0.717) is 5.92 Å². The molecule has 2 N–H and O–H groups in total. The largest absolute Gasteiger partial charge is 0.318 e. The van der Waals surface area contributed by atoms with E-state index in [4.69, 9.17) is 5.73 Å². The number of rotatable bonds is 4. The van der Waals surface area contributed by atoms with Crippen molar-refractivity contribution in [2.24, 2.45) is 11.1 Å². The molecule has 0 amide bonds. The van der Waals surface area contributed by atoms with Crippen LogP contribution in [0.25, 0.3) is 5.57 Å². The summed E-state index contributed by atoms with van der Waals surface area (Å²) in [6, 6.07) is 8.97. The topological polar surface area (TPSA) is 26.0 Å². The van der Waals surface area contributed by atoms with Gasteiger partial charge >= 0.3 is 0 Å². The predicted molar refractivity (Wildman–Crippen MR) is 102 cm³/mol. The first-order valence-corrected chi connectivity index (χ1v) is 9.07. The van der Waals surface area contributed by atoms with Crippen LogP contribution in [0.2, 0.25) is 0 Å². The molecule has 1 nitrogen and oxygen atoms in total. The lowest BCUT2D eigenvalue weighted by Crippen LogP contribution is -2.47. The molecule has 0 aromatic heterocycles. The molecule has 1 aliphatic carbocycles. The minimum atomic E-state index is -0.391. The number of benzene rings is 1. The van der Waals surface area contributed by atoms with Crippen LogP contribution in [-0.4, -0.2) is 5.54 Å². The Kier molecular flexibility index (Phi) is 5.20. The van der Waals surface area contributed by atoms with Crippen molar-refractivity contribution in [1.29, 1.82) is 0 Å². The maximum absolute atomic E-state index is 6.90. The average Bonchev–Trinajstić information content (AvgIpc) is 2.51. The van der Waals surface area contributed by atoms with Crippen LogP contribution < -0.4 is 5.73 Å². The average molecular weight is 312 g/mol. The van der Waals surface area contributed by atoms with Gasteiger partial charge in [0.15, 0.2) is 0 Å². The summed E-state index contributed by atoms with van der Waals surface area (Å²) in [6.45, 7) is 13.5. The lowest BCUT2D eigenvalue weighted by atomic mass is 9.61. The van der Waals surface area contributed by atoms with E-state index in [1.165, 1.54) is 22.3 Å². The highest BCUT2D eigenvalue weighted by Crippen LogP contribution is 2.49. The molecular weight excluding hydrogens is 278 g/mol. The van der Waals surface area contributed by atoms with E-state index in [2.05, 4.69) is 78.0 Å². The summed E-state index contributed by atoms with van der Waals surface area (Å²) < 4.78 is 0. The predicted octanol–water partition coefficient (Wildman–Crippen LogP) is 6.07. The van der Waals surface area contributed by atoms with Gasteiger partial charge in [-0.3, -0.25) is 0 Å². The zero-order chi connectivity index (χ0) is 17.3. The minimum Gasteiger partial charge on any atom is -0.318 e. The maximum atomic E-state index is 6.90. The summed E-state index contributed by atoms with van der Waals surface area (Å²) in [7, 11) is 0. The van der Waals surface area contributed by atoms with Gasteiger partial charge in [-0.25, -0.2) is 0 Å². The first kappa shape index (κ1) is 18.0. The first-order valence-electron chi connectivity index (χ1n) is 9.07. The van der Waals surface area contributed by atoms with Gasteiger partial charge in [-0.1, -0.05) is 71.0 Å². The molecule has 1 heteroatoms. The van der Waals surface area contributed by atoms with Gasteiger partial charge < -0.3 is 5.73 Å². The van der Waals surface area contributed by atoms with Crippen molar-refractivity contribution in [2.75, 3.05) is 0 Å². The monoisotopic (exact) mass is 311 g/mol. The summed E-state index contributed by atoms with van der Waals surface area (Å²) in [4.78, 5) is 0. The molecule has 1 aromatic carbocycles. The fraction of sp³-hybridized carbons (Fsp3) is 0.545. The fourth-order valence-electron chi connectivity index (χ4n) is 3.88. The molecular formula is C22H33N. The normalized spacial score (nSPS) is 29.9. The zero-order valence-corrected chi connectivity index (χ0v) is 15.7. The Morgan fingerprint density at radius 2 is 1.74 bits per heavy atom. The SMILES string of the molecule is CC/C=C1\C(C)(CC)CC=C(c2ccc(C(C)C)cc2)C1(C)N. The third-order valence-electron chi connectivity index (χ3n) is 5.60. The van der Waals surface area contributed by atoms with E-state index < -0.39 is 5.54 Å². The second-order valence-electron chi connectivity index (χ2n) is 7.74. The lowest BCUT2D eigenvalue weighted by Gasteiger charge is -2.46.